The van der Waals surface area contributed by atoms with Crippen LogP contribution in [-0.2, 0) is 61.8 Å². The molecule has 3 saturated heterocycles. The highest BCUT2D eigenvalue weighted by molar-refractivity contribution is 5.72. The van der Waals surface area contributed by atoms with E-state index in [4.69, 9.17) is 42.6 Å². The van der Waals surface area contributed by atoms with Crippen molar-refractivity contribution in [1.82, 2.24) is 4.90 Å². The normalized spacial score (nSPS) is 42.5. The number of likely N-dealkylation sites (N-methyl/N-ethyl adjacent to an activating group) is 1. The van der Waals surface area contributed by atoms with Gasteiger partial charge in [0.25, 0.3) is 0 Å². The first-order chi connectivity index (χ1) is 28.2. The number of fused-ring (bicyclic) bond motifs is 1. The minimum absolute atomic E-state index is 0.00559. The molecule has 3 fully saturated rings. The van der Waals surface area contributed by atoms with E-state index in [0.717, 1.165) is 6.29 Å². The number of hydrogen-bond acceptors (Lipinski definition) is 17. The van der Waals surface area contributed by atoms with E-state index >= 15 is 0 Å². The molecule has 0 spiro atoms. The topological polar surface area (TPSA) is 219 Å². The Labute approximate surface area is 354 Å². The minimum atomic E-state index is -1.50. The quantitative estimate of drug-likeness (QED) is 0.0797. The first kappa shape index (κ1) is 50.1. The fourth-order valence-electron chi connectivity index (χ4n) is 8.66. The number of nitrogens with zero attached hydrogens (tertiary/aromatic N) is 1. The van der Waals surface area contributed by atoms with Gasteiger partial charge >= 0.3 is 17.9 Å². The molecule has 0 bridgehead atoms. The van der Waals surface area contributed by atoms with E-state index < -0.39 is 121 Å². The van der Waals surface area contributed by atoms with E-state index in [-0.39, 0.29) is 50.2 Å². The zero-order valence-corrected chi connectivity index (χ0v) is 37.2. The summed E-state index contributed by atoms with van der Waals surface area (Å²) < 4.78 is 54.7. The third-order valence-corrected chi connectivity index (χ3v) is 11.8. The first-order valence-electron chi connectivity index (χ1n) is 21.4. The molecule has 0 unspecified atom stereocenters. The number of aliphatic hydroxyl groups is 3. The summed E-state index contributed by atoms with van der Waals surface area (Å²) in [7, 11) is 4.87. The zero-order valence-electron chi connectivity index (χ0n) is 37.2. The number of cyclic esters (lactones) is 1. The SMILES string of the molecule is CCC(=O)O[C@@H]1CC(=O)O[C@@H](C)C[C@H]2O[C@H]2/C=C\[C@@H](O)[C@H](C)C[C@H](CC=O)[C@@H](O[C@H]2O[C@H](C)[C@@H](O[C@H]3C[C@](C)(O)[C@@H](OC(=O)CC(C)C)[C@@H](C)O3)[C@@H](N(C)C)[C@@H]2O)[C@H]1OC. The van der Waals surface area contributed by atoms with Crippen LogP contribution in [0, 0.1) is 17.8 Å². The number of aliphatic hydroxyl groups excluding tert-OH is 2. The lowest BCUT2D eigenvalue weighted by Gasteiger charge is -2.50. The maximum Gasteiger partial charge on any atom is 0.309 e. The standard InChI is InChI=1S/C43H71NO16/c1-12-32(47)57-31-20-34(49)53-24(5)19-30-29(56-30)14-13-28(46)23(4)18-27(15-16-45)39(40(31)52-11)60-42-37(50)36(44(9)10)38(25(6)55-42)59-35-21-43(8,51)41(26(7)54-35)58-33(48)17-22(2)3/h13-14,16,22-31,35-42,46,50-51H,12,15,17-21H2,1-11H3/b14-13-/t23-,24+,25-,26-,27+,28-,29+,30-,31-,35+,36+,37+,38-,39-,40+,41+,42-,43+/m1/s1. The molecule has 4 aliphatic heterocycles. The molecule has 0 aromatic heterocycles. The fraction of sp³-hybridized carbons (Fsp3) is 0.860. The summed E-state index contributed by atoms with van der Waals surface area (Å²) >= 11 is 0. The Kier molecular flexibility index (Phi) is 18.5. The van der Waals surface area contributed by atoms with Gasteiger partial charge in [0.2, 0.25) is 0 Å². The number of esters is 3. The van der Waals surface area contributed by atoms with Crippen molar-refractivity contribution in [1.29, 1.82) is 0 Å². The molecule has 0 aromatic rings. The summed E-state index contributed by atoms with van der Waals surface area (Å²) in [6, 6.07) is -0.787. The number of hydrogen-bond donors (Lipinski definition) is 3. The number of aldehydes is 1. The highest BCUT2D eigenvalue weighted by Crippen LogP contribution is 2.38. The van der Waals surface area contributed by atoms with Gasteiger partial charge in [-0.15, -0.1) is 0 Å². The largest absolute Gasteiger partial charge is 0.462 e. The van der Waals surface area contributed by atoms with Crippen molar-refractivity contribution >= 4 is 24.2 Å². The number of carbonyl (C=O) groups is 4. The second-order valence-corrected chi connectivity index (χ2v) is 17.9. The number of carbonyl (C=O) groups excluding carboxylic acids is 4. The summed E-state index contributed by atoms with van der Waals surface area (Å²) in [4.78, 5) is 53.0. The van der Waals surface area contributed by atoms with Gasteiger partial charge in [0.05, 0.1) is 43.0 Å². The van der Waals surface area contributed by atoms with Crippen LogP contribution >= 0.6 is 0 Å². The van der Waals surface area contributed by atoms with Crippen LogP contribution in [0.1, 0.15) is 100 Å². The minimum Gasteiger partial charge on any atom is -0.462 e. The number of ether oxygens (including phenoxy) is 9. The molecule has 0 radical (unpaired) electrons. The average Bonchev–Trinajstić information content (AvgIpc) is 3.89. The number of rotatable bonds is 13. The van der Waals surface area contributed by atoms with E-state index in [1.165, 1.54) is 7.11 Å². The van der Waals surface area contributed by atoms with E-state index in [2.05, 4.69) is 0 Å². The van der Waals surface area contributed by atoms with Gasteiger partial charge in [-0.05, 0) is 66.0 Å². The fourth-order valence-corrected chi connectivity index (χ4v) is 8.66. The molecule has 18 atom stereocenters. The molecular weight excluding hydrogens is 786 g/mol. The zero-order chi connectivity index (χ0) is 44.6. The Balaban J connectivity index is 1.65. The van der Waals surface area contributed by atoms with Crippen molar-refractivity contribution in [3.05, 3.63) is 12.2 Å². The third-order valence-electron chi connectivity index (χ3n) is 11.8. The molecule has 0 aliphatic carbocycles. The molecule has 3 N–H and O–H groups in total. The average molecular weight is 858 g/mol. The molecule has 17 nitrogen and oxygen atoms in total. The molecule has 344 valence electrons. The summed E-state index contributed by atoms with van der Waals surface area (Å²) in [6.07, 6.45) is -8.08. The molecule has 4 heterocycles. The van der Waals surface area contributed by atoms with Crippen molar-refractivity contribution in [2.75, 3.05) is 21.2 Å². The Bertz CT molecular complexity index is 1440. The van der Waals surface area contributed by atoms with Gasteiger partial charge < -0.3 is 67.6 Å². The van der Waals surface area contributed by atoms with Gasteiger partial charge in [-0.3, -0.25) is 14.4 Å². The lowest BCUT2D eigenvalue weighted by atomic mass is 9.82. The number of methoxy groups -OCH3 is 1. The monoisotopic (exact) mass is 857 g/mol. The molecular formula is C43H71NO16. The maximum absolute atomic E-state index is 13.4. The first-order valence-corrected chi connectivity index (χ1v) is 21.4. The van der Waals surface area contributed by atoms with Crippen LogP contribution in [0.5, 0.6) is 0 Å². The van der Waals surface area contributed by atoms with Crippen LogP contribution in [-0.4, -0.2) is 163 Å². The van der Waals surface area contributed by atoms with Crippen molar-refractivity contribution in [3.8, 4) is 0 Å². The van der Waals surface area contributed by atoms with Crippen molar-refractivity contribution in [2.24, 2.45) is 17.8 Å². The van der Waals surface area contributed by atoms with Gasteiger partial charge in [0, 0.05) is 39.2 Å². The highest BCUT2D eigenvalue weighted by atomic mass is 16.7. The van der Waals surface area contributed by atoms with Crippen LogP contribution in [0.4, 0.5) is 0 Å². The second-order valence-electron chi connectivity index (χ2n) is 17.9. The van der Waals surface area contributed by atoms with Crippen LogP contribution in [0.2, 0.25) is 0 Å². The van der Waals surface area contributed by atoms with E-state index in [9.17, 15) is 34.5 Å². The van der Waals surface area contributed by atoms with Crippen LogP contribution in [0.3, 0.4) is 0 Å². The second kappa shape index (κ2) is 22.2. The van der Waals surface area contributed by atoms with Gasteiger partial charge in [0.15, 0.2) is 18.7 Å². The van der Waals surface area contributed by atoms with Gasteiger partial charge in [0.1, 0.15) is 48.5 Å². The lowest BCUT2D eigenvalue weighted by molar-refractivity contribution is -0.344. The smallest absolute Gasteiger partial charge is 0.309 e. The Morgan fingerprint density at radius 1 is 0.967 bits per heavy atom. The van der Waals surface area contributed by atoms with Crippen LogP contribution in [0.15, 0.2) is 12.2 Å². The van der Waals surface area contributed by atoms with Crippen LogP contribution < -0.4 is 0 Å². The van der Waals surface area contributed by atoms with Gasteiger partial charge in [-0.2, -0.15) is 0 Å². The molecule has 0 saturated carbocycles. The predicted molar refractivity (Wildman–Crippen MR) is 214 cm³/mol. The maximum atomic E-state index is 13.4. The Hall–Kier alpha value is -2.58. The molecule has 17 heteroatoms. The summed E-state index contributed by atoms with van der Waals surface area (Å²) in [5, 5.41) is 34.8. The number of epoxide rings is 1. The van der Waals surface area contributed by atoms with E-state index in [1.807, 2.05) is 20.8 Å². The summed E-state index contributed by atoms with van der Waals surface area (Å²) in [6.45, 7) is 14.0. The van der Waals surface area contributed by atoms with Gasteiger partial charge in [-0.25, -0.2) is 0 Å². The van der Waals surface area contributed by atoms with Gasteiger partial charge in [-0.1, -0.05) is 39.8 Å². The molecule has 0 amide bonds. The van der Waals surface area contributed by atoms with Crippen LogP contribution in [0.25, 0.3) is 0 Å². The summed E-state index contributed by atoms with van der Waals surface area (Å²) in [5.41, 5.74) is -1.50. The molecule has 4 aliphatic rings. The molecule has 4 rings (SSSR count). The van der Waals surface area contributed by atoms with E-state index in [0.29, 0.717) is 6.42 Å². The van der Waals surface area contributed by atoms with Crippen molar-refractivity contribution in [3.63, 3.8) is 0 Å². The molecule has 0 aromatic carbocycles. The highest BCUT2D eigenvalue weighted by Gasteiger charge is 2.53. The molecule has 60 heavy (non-hydrogen) atoms. The lowest BCUT2D eigenvalue weighted by Crippen LogP contribution is -2.66. The predicted octanol–water partition coefficient (Wildman–Crippen LogP) is 2.61. The van der Waals surface area contributed by atoms with Crippen molar-refractivity contribution in [2.45, 2.75) is 198 Å². The Morgan fingerprint density at radius 2 is 1.67 bits per heavy atom. The summed E-state index contributed by atoms with van der Waals surface area (Å²) in [5.74, 6) is -2.76. The third kappa shape index (κ3) is 13.5. The Morgan fingerprint density at radius 3 is 2.27 bits per heavy atom. The van der Waals surface area contributed by atoms with E-state index in [1.54, 1.807) is 65.8 Å². The van der Waals surface area contributed by atoms with Crippen molar-refractivity contribution < 1.29 is 77.1 Å².